The quantitative estimate of drug-likeness (QED) is 0.716. The zero-order valence-corrected chi connectivity index (χ0v) is 10.5. The van der Waals surface area contributed by atoms with E-state index in [-0.39, 0.29) is 19.0 Å². The highest BCUT2D eigenvalue weighted by Gasteiger charge is 2.20. The van der Waals surface area contributed by atoms with Gasteiger partial charge in [-0.3, -0.25) is 4.79 Å². The smallest absolute Gasteiger partial charge is 0.317 e. The molecule has 1 atom stereocenters. The minimum atomic E-state index is -0.887. The summed E-state index contributed by atoms with van der Waals surface area (Å²) in [6.45, 7) is 3.00. The predicted octanol–water partition coefficient (Wildman–Crippen LogP) is 0.0542. The molecule has 6 heteroatoms. The average Bonchev–Trinajstić information content (AvgIpc) is 2.68. The molecule has 0 bridgehead atoms. The molecule has 1 aliphatic rings. The molecule has 1 fully saturated rings. The molecular formula is C11H21N3O3. The number of rotatable bonds is 5. The maximum Gasteiger partial charge on any atom is 0.317 e. The van der Waals surface area contributed by atoms with E-state index in [0.29, 0.717) is 12.5 Å². The van der Waals surface area contributed by atoms with E-state index in [0.717, 1.165) is 19.5 Å². The van der Waals surface area contributed by atoms with Gasteiger partial charge in [-0.2, -0.15) is 0 Å². The van der Waals surface area contributed by atoms with Gasteiger partial charge >= 0.3 is 12.0 Å². The van der Waals surface area contributed by atoms with Crippen molar-refractivity contribution in [1.82, 2.24) is 15.1 Å². The lowest BCUT2D eigenvalue weighted by Crippen LogP contribution is -2.40. The van der Waals surface area contributed by atoms with Crippen LogP contribution >= 0.6 is 0 Å². The van der Waals surface area contributed by atoms with Gasteiger partial charge in [0.2, 0.25) is 0 Å². The fourth-order valence-electron chi connectivity index (χ4n) is 1.92. The van der Waals surface area contributed by atoms with Crippen LogP contribution in [0.3, 0.4) is 0 Å². The highest BCUT2D eigenvalue weighted by Crippen LogP contribution is 2.12. The lowest BCUT2D eigenvalue weighted by atomic mass is 10.1. The van der Waals surface area contributed by atoms with Crippen LogP contribution in [0.4, 0.5) is 4.79 Å². The molecule has 98 valence electrons. The molecule has 0 aromatic heterocycles. The Bertz CT molecular complexity index is 283. The second-order valence-corrected chi connectivity index (χ2v) is 4.67. The first-order valence-corrected chi connectivity index (χ1v) is 5.88. The zero-order chi connectivity index (χ0) is 12.8. The van der Waals surface area contributed by atoms with Crippen molar-refractivity contribution < 1.29 is 14.7 Å². The van der Waals surface area contributed by atoms with Crippen LogP contribution in [0.5, 0.6) is 0 Å². The Morgan fingerprint density at radius 2 is 2.24 bits per heavy atom. The van der Waals surface area contributed by atoms with Crippen molar-refractivity contribution in [3.8, 4) is 0 Å². The third kappa shape index (κ3) is 5.04. The van der Waals surface area contributed by atoms with E-state index in [1.165, 1.54) is 4.90 Å². The van der Waals surface area contributed by atoms with E-state index in [1.807, 2.05) is 0 Å². The summed E-state index contributed by atoms with van der Waals surface area (Å²) in [5, 5.41) is 11.3. The van der Waals surface area contributed by atoms with Crippen molar-refractivity contribution in [3.63, 3.8) is 0 Å². The molecule has 1 rings (SSSR count). The number of hydrogen-bond donors (Lipinski definition) is 2. The zero-order valence-electron chi connectivity index (χ0n) is 10.5. The number of carboxylic acid groups (broad SMARTS) is 1. The topological polar surface area (TPSA) is 72.9 Å². The number of urea groups is 1. The summed E-state index contributed by atoms with van der Waals surface area (Å²) in [6, 6.07) is -0.194. The fourth-order valence-corrected chi connectivity index (χ4v) is 1.92. The normalized spacial score (nSPS) is 20.2. The Morgan fingerprint density at radius 1 is 1.53 bits per heavy atom. The van der Waals surface area contributed by atoms with Crippen molar-refractivity contribution >= 4 is 12.0 Å². The molecule has 0 aromatic rings. The Labute approximate surface area is 102 Å². The summed E-state index contributed by atoms with van der Waals surface area (Å²) in [6.07, 6.45) is 1.09. The molecule has 1 unspecified atom stereocenters. The molecule has 6 nitrogen and oxygen atoms in total. The Morgan fingerprint density at radius 3 is 2.76 bits per heavy atom. The summed E-state index contributed by atoms with van der Waals surface area (Å²) < 4.78 is 0. The van der Waals surface area contributed by atoms with Crippen LogP contribution in [0.25, 0.3) is 0 Å². The first-order valence-electron chi connectivity index (χ1n) is 5.88. The van der Waals surface area contributed by atoms with Gasteiger partial charge in [0, 0.05) is 26.7 Å². The van der Waals surface area contributed by atoms with Gasteiger partial charge in [-0.05, 0) is 25.9 Å². The lowest BCUT2D eigenvalue weighted by molar-refractivity contribution is -0.137. The Balaban J connectivity index is 2.17. The van der Waals surface area contributed by atoms with Gasteiger partial charge in [0.15, 0.2) is 0 Å². The van der Waals surface area contributed by atoms with Gasteiger partial charge in [0.25, 0.3) is 0 Å². The van der Waals surface area contributed by atoms with E-state index in [4.69, 9.17) is 5.11 Å². The van der Waals surface area contributed by atoms with Gasteiger partial charge < -0.3 is 20.2 Å². The van der Waals surface area contributed by atoms with Gasteiger partial charge in [-0.15, -0.1) is 0 Å². The lowest BCUT2D eigenvalue weighted by Gasteiger charge is -2.18. The molecule has 1 heterocycles. The number of likely N-dealkylation sites (tertiary alicyclic amines) is 1. The third-order valence-corrected chi connectivity index (χ3v) is 3.04. The number of amides is 2. The number of aliphatic carboxylic acids is 1. The molecule has 0 radical (unpaired) electrons. The van der Waals surface area contributed by atoms with Crippen molar-refractivity contribution in [3.05, 3.63) is 0 Å². The van der Waals surface area contributed by atoms with Crippen LogP contribution in [-0.2, 0) is 4.79 Å². The molecule has 2 amide bonds. The second-order valence-electron chi connectivity index (χ2n) is 4.67. The van der Waals surface area contributed by atoms with Crippen LogP contribution in [-0.4, -0.2) is 67.2 Å². The van der Waals surface area contributed by atoms with E-state index in [1.54, 1.807) is 7.05 Å². The monoisotopic (exact) mass is 243 g/mol. The number of hydrogen-bond acceptors (Lipinski definition) is 3. The van der Waals surface area contributed by atoms with E-state index in [9.17, 15) is 9.59 Å². The van der Waals surface area contributed by atoms with Crippen molar-refractivity contribution in [1.29, 1.82) is 0 Å². The molecule has 0 spiro atoms. The first kappa shape index (κ1) is 13.8. The van der Waals surface area contributed by atoms with E-state index < -0.39 is 5.97 Å². The summed E-state index contributed by atoms with van der Waals surface area (Å²) in [5.41, 5.74) is 0. The molecule has 0 aliphatic carbocycles. The number of nitrogens with one attached hydrogen (secondary N) is 1. The average molecular weight is 243 g/mol. The molecule has 0 saturated carbocycles. The highest BCUT2D eigenvalue weighted by atomic mass is 16.4. The Hall–Kier alpha value is -1.30. The number of carbonyl (C=O) groups is 2. The van der Waals surface area contributed by atoms with Gasteiger partial charge in [-0.25, -0.2) is 4.79 Å². The predicted molar refractivity (Wildman–Crippen MR) is 63.9 cm³/mol. The van der Waals surface area contributed by atoms with Crippen LogP contribution in [0, 0.1) is 5.92 Å². The number of carbonyl (C=O) groups excluding carboxylic acids is 1. The van der Waals surface area contributed by atoms with Crippen LogP contribution in [0.1, 0.15) is 12.8 Å². The number of carboxylic acids is 1. The van der Waals surface area contributed by atoms with Crippen LogP contribution in [0.15, 0.2) is 0 Å². The third-order valence-electron chi connectivity index (χ3n) is 3.04. The van der Waals surface area contributed by atoms with Crippen LogP contribution in [0.2, 0.25) is 0 Å². The maximum absolute atomic E-state index is 11.6. The molecule has 17 heavy (non-hydrogen) atoms. The minimum absolute atomic E-state index is 0.0178. The standard InChI is InChI=1S/C11H21N3O3/c1-13-5-3-9(8-13)7-12-11(17)14(2)6-4-10(15)16/h9H,3-8H2,1-2H3,(H,12,17)(H,15,16). The summed E-state index contributed by atoms with van der Waals surface area (Å²) >= 11 is 0. The van der Waals surface area contributed by atoms with Crippen molar-refractivity contribution in [2.24, 2.45) is 5.92 Å². The molecule has 1 aliphatic heterocycles. The molecule has 2 N–H and O–H groups in total. The molecule has 0 aromatic carbocycles. The van der Waals surface area contributed by atoms with Crippen LogP contribution < -0.4 is 5.32 Å². The van der Waals surface area contributed by atoms with Crippen molar-refractivity contribution in [2.75, 3.05) is 40.3 Å². The Kier molecular flexibility index (Phi) is 5.21. The van der Waals surface area contributed by atoms with Gasteiger partial charge in [0.05, 0.1) is 6.42 Å². The SMILES string of the molecule is CN1CCC(CNC(=O)N(C)CCC(=O)O)C1. The summed E-state index contributed by atoms with van der Waals surface area (Å²) in [7, 11) is 3.68. The molecular weight excluding hydrogens is 222 g/mol. The van der Waals surface area contributed by atoms with Gasteiger partial charge in [-0.1, -0.05) is 0 Å². The van der Waals surface area contributed by atoms with E-state index >= 15 is 0 Å². The summed E-state index contributed by atoms with van der Waals surface area (Å²) in [4.78, 5) is 25.6. The fraction of sp³-hybridized carbons (Fsp3) is 0.818. The second kappa shape index (κ2) is 6.44. The van der Waals surface area contributed by atoms with Crippen molar-refractivity contribution in [2.45, 2.75) is 12.8 Å². The maximum atomic E-state index is 11.6. The largest absolute Gasteiger partial charge is 0.481 e. The highest BCUT2D eigenvalue weighted by molar-refractivity contribution is 5.74. The summed E-state index contributed by atoms with van der Waals surface area (Å²) in [5.74, 6) is -0.376. The van der Waals surface area contributed by atoms with E-state index in [2.05, 4.69) is 17.3 Å². The van der Waals surface area contributed by atoms with Gasteiger partial charge in [0.1, 0.15) is 0 Å². The number of nitrogens with zero attached hydrogens (tertiary/aromatic N) is 2. The first-order chi connectivity index (χ1) is 7.99. The minimum Gasteiger partial charge on any atom is -0.481 e. The molecule has 1 saturated heterocycles.